The Kier molecular flexibility index (Phi) is 9.04. The number of esters is 2. The Hall–Kier alpha value is -4.01. The third-order valence-electron chi connectivity index (χ3n) is 6.76. The molecule has 3 N–H and O–H groups in total. The van der Waals surface area contributed by atoms with Gasteiger partial charge in [-0.2, -0.15) is 0 Å². The summed E-state index contributed by atoms with van der Waals surface area (Å²) in [5.74, 6) is -2.77. The zero-order chi connectivity index (χ0) is 28.0. The van der Waals surface area contributed by atoms with Gasteiger partial charge in [0.1, 0.15) is 17.1 Å². The number of carbonyl (C=O) groups excluding carboxylic acids is 2. The van der Waals surface area contributed by atoms with Gasteiger partial charge in [0, 0.05) is 18.7 Å². The Morgan fingerprint density at radius 1 is 1.08 bits per heavy atom. The van der Waals surface area contributed by atoms with Crippen molar-refractivity contribution in [1.29, 1.82) is 0 Å². The molecule has 0 aliphatic carbocycles. The van der Waals surface area contributed by atoms with Crippen LogP contribution < -0.4 is 4.90 Å². The smallest absolute Gasteiger partial charge is 0.359 e. The number of aliphatic hydroxyl groups is 1. The lowest BCUT2D eigenvalue weighted by atomic mass is 9.79. The highest BCUT2D eigenvalue weighted by molar-refractivity contribution is 5.99. The van der Waals surface area contributed by atoms with Crippen LogP contribution in [0.3, 0.4) is 0 Å². The molecule has 1 unspecified atom stereocenters. The quantitative estimate of drug-likeness (QED) is 0.337. The molecule has 3 rings (SSSR count). The molecule has 2 aromatic carbocycles. The molecule has 0 fully saturated rings. The number of anilines is 1. The molecule has 2 aromatic rings. The lowest BCUT2D eigenvalue weighted by molar-refractivity contribution is -0.166. The topological polar surface area (TPSA) is 134 Å². The molecular formula is C29H35NO8. The minimum atomic E-state index is -1.24. The van der Waals surface area contributed by atoms with E-state index in [0.29, 0.717) is 19.3 Å². The highest BCUT2D eigenvalue weighted by atomic mass is 16.6. The number of aromatic hydroxyl groups is 1. The summed E-state index contributed by atoms with van der Waals surface area (Å²) in [6.07, 6.45) is 1.66. The molecule has 0 aromatic heterocycles. The number of nitrogens with zero attached hydrogens (tertiary/aromatic N) is 1. The highest BCUT2D eigenvalue weighted by Crippen LogP contribution is 2.40. The molecule has 0 spiro atoms. The van der Waals surface area contributed by atoms with E-state index >= 15 is 0 Å². The largest absolute Gasteiger partial charge is 0.510 e. The van der Waals surface area contributed by atoms with Crippen molar-refractivity contribution in [3.05, 3.63) is 70.6 Å². The Morgan fingerprint density at radius 3 is 2.29 bits per heavy atom. The molecule has 0 bridgehead atoms. The van der Waals surface area contributed by atoms with E-state index in [1.54, 1.807) is 31.2 Å². The number of aliphatic hydroxyl groups excluding tert-OH is 1. The summed E-state index contributed by atoms with van der Waals surface area (Å²) < 4.78 is 11.1. The van der Waals surface area contributed by atoms with E-state index in [1.165, 1.54) is 23.1 Å². The molecule has 1 aliphatic heterocycles. The zero-order valence-electron chi connectivity index (χ0n) is 22.2. The fourth-order valence-corrected chi connectivity index (χ4v) is 4.60. The Morgan fingerprint density at radius 2 is 1.74 bits per heavy atom. The van der Waals surface area contributed by atoms with E-state index in [9.17, 15) is 29.7 Å². The summed E-state index contributed by atoms with van der Waals surface area (Å²) in [5, 5.41) is 30.4. The molecule has 9 heteroatoms. The molecule has 1 atom stereocenters. The van der Waals surface area contributed by atoms with Gasteiger partial charge in [-0.15, -0.1) is 0 Å². The first-order chi connectivity index (χ1) is 18.0. The lowest BCUT2D eigenvalue weighted by Crippen LogP contribution is -2.48. The summed E-state index contributed by atoms with van der Waals surface area (Å²) in [4.78, 5) is 39.2. The van der Waals surface area contributed by atoms with Gasteiger partial charge in [-0.25, -0.2) is 14.4 Å². The van der Waals surface area contributed by atoms with Crippen LogP contribution in [0.2, 0.25) is 0 Å². The summed E-state index contributed by atoms with van der Waals surface area (Å²) in [7, 11) is 0. The first-order valence-corrected chi connectivity index (χ1v) is 12.8. The van der Waals surface area contributed by atoms with E-state index < -0.39 is 23.5 Å². The van der Waals surface area contributed by atoms with Crippen LogP contribution in [0.1, 0.15) is 73.2 Å². The third-order valence-corrected chi connectivity index (χ3v) is 6.76. The second kappa shape index (κ2) is 12.0. The van der Waals surface area contributed by atoms with Gasteiger partial charge >= 0.3 is 17.9 Å². The first kappa shape index (κ1) is 28.6. The Bertz CT molecular complexity index is 1220. The number of hydrogen-bond acceptors (Lipinski definition) is 8. The van der Waals surface area contributed by atoms with Crippen molar-refractivity contribution < 1.29 is 39.2 Å². The maximum atomic E-state index is 13.5. The van der Waals surface area contributed by atoms with Crippen LogP contribution in [-0.4, -0.2) is 52.0 Å². The number of aryl methyl sites for hydroxylation is 1. The fourth-order valence-electron chi connectivity index (χ4n) is 4.60. The second-order valence-electron chi connectivity index (χ2n) is 9.69. The van der Waals surface area contributed by atoms with Gasteiger partial charge in [0.05, 0.1) is 17.7 Å². The molecule has 38 heavy (non-hydrogen) atoms. The minimum absolute atomic E-state index is 0.0255. The zero-order valence-corrected chi connectivity index (χ0v) is 22.2. The normalized spacial score (nSPS) is 17.3. The Labute approximate surface area is 222 Å². The molecule has 1 aliphatic rings. The van der Waals surface area contributed by atoms with Crippen molar-refractivity contribution >= 4 is 23.6 Å². The van der Waals surface area contributed by atoms with E-state index in [4.69, 9.17) is 9.47 Å². The monoisotopic (exact) mass is 525 g/mol. The number of aromatic carboxylic acids is 1. The third kappa shape index (κ3) is 6.27. The molecule has 204 valence electrons. The summed E-state index contributed by atoms with van der Waals surface area (Å²) in [6, 6.07) is 10.8. The van der Waals surface area contributed by atoms with E-state index in [0.717, 1.165) is 5.56 Å². The maximum Gasteiger partial charge on any atom is 0.359 e. The van der Waals surface area contributed by atoms with Crippen LogP contribution in [-0.2, 0) is 20.7 Å². The lowest BCUT2D eigenvalue weighted by Gasteiger charge is -2.42. The minimum Gasteiger partial charge on any atom is -0.510 e. The van der Waals surface area contributed by atoms with Crippen molar-refractivity contribution in [3.63, 3.8) is 0 Å². The number of phenolic OH excluding ortho intramolecular Hbond substituents is 1. The van der Waals surface area contributed by atoms with Gasteiger partial charge in [0.25, 0.3) is 0 Å². The van der Waals surface area contributed by atoms with Crippen molar-refractivity contribution in [2.75, 3.05) is 18.1 Å². The van der Waals surface area contributed by atoms with Crippen LogP contribution in [0.25, 0.3) is 0 Å². The van der Waals surface area contributed by atoms with E-state index in [2.05, 4.69) is 0 Å². The number of benzene rings is 2. The van der Waals surface area contributed by atoms with Crippen LogP contribution in [0.4, 0.5) is 5.69 Å². The van der Waals surface area contributed by atoms with Gasteiger partial charge in [-0.3, -0.25) is 0 Å². The number of phenols is 1. The summed E-state index contributed by atoms with van der Waals surface area (Å²) in [6.45, 7) is 7.75. The van der Waals surface area contributed by atoms with Gasteiger partial charge in [0.15, 0.2) is 5.70 Å². The number of hydrogen-bond donors (Lipinski definition) is 3. The van der Waals surface area contributed by atoms with Gasteiger partial charge < -0.3 is 29.7 Å². The van der Waals surface area contributed by atoms with Crippen molar-refractivity contribution in [3.8, 4) is 5.75 Å². The summed E-state index contributed by atoms with van der Waals surface area (Å²) in [5.41, 5.74) is 0.0515. The number of ether oxygens (including phenoxy) is 2. The predicted octanol–water partition coefficient (Wildman–Crippen LogP) is 5.23. The predicted molar refractivity (Wildman–Crippen MR) is 141 cm³/mol. The molecule has 0 saturated heterocycles. The van der Waals surface area contributed by atoms with Gasteiger partial charge in [-0.05, 0) is 68.0 Å². The summed E-state index contributed by atoms with van der Waals surface area (Å²) >= 11 is 0. The molecule has 1 heterocycles. The van der Waals surface area contributed by atoms with Crippen LogP contribution in [0.5, 0.6) is 5.75 Å². The van der Waals surface area contributed by atoms with E-state index in [-0.39, 0.29) is 59.5 Å². The number of carboxylic acid groups (broad SMARTS) is 1. The molecular weight excluding hydrogens is 490 g/mol. The number of carboxylic acids is 1. The van der Waals surface area contributed by atoms with E-state index in [1.807, 2.05) is 20.8 Å². The van der Waals surface area contributed by atoms with Gasteiger partial charge in [-0.1, -0.05) is 32.9 Å². The highest BCUT2D eigenvalue weighted by Gasteiger charge is 2.45. The fraction of sp³-hybridized carbons (Fsp3) is 0.414. The van der Waals surface area contributed by atoms with Crippen molar-refractivity contribution in [2.45, 2.75) is 59.0 Å². The second-order valence-corrected chi connectivity index (χ2v) is 9.69. The average molecular weight is 526 g/mol. The van der Waals surface area contributed by atoms with Crippen molar-refractivity contribution in [2.24, 2.45) is 5.92 Å². The average Bonchev–Trinajstić information content (AvgIpc) is 2.87. The number of rotatable bonds is 11. The Balaban J connectivity index is 2.01. The van der Waals surface area contributed by atoms with Crippen LogP contribution >= 0.6 is 0 Å². The van der Waals surface area contributed by atoms with Crippen LogP contribution in [0, 0.1) is 5.92 Å². The van der Waals surface area contributed by atoms with Gasteiger partial charge in [0.2, 0.25) is 0 Å². The molecule has 0 radical (unpaired) electrons. The molecule has 0 saturated carbocycles. The number of carbonyl (C=O) groups is 3. The standard InChI is InChI=1S/C29H35NO8/c1-5-13-30(22-15-20(26(33)34)14-21(16-22)27(35)37-6-2)25-24(32)17-29(18(3)4,38-28(25)36)12-11-19-7-9-23(31)10-8-19/h7-10,14-16,18,31-32H,5-6,11-13,17H2,1-4H3,(H,33,34). The first-order valence-electron chi connectivity index (χ1n) is 12.8. The number of cyclic esters (lactones) is 1. The SMILES string of the molecule is CCCN(C1=C(O)CC(CCc2ccc(O)cc2)(C(C)C)OC1=O)c1cc(C(=O)O)cc(C(=O)OCC)c1. The maximum absolute atomic E-state index is 13.5. The van der Waals surface area contributed by atoms with Crippen LogP contribution in [0.15, 0.2) is 53.9 Å². The molecule has 9 nitrogen and oxygen atoms in total. The van der Waals surface area contributed by atoms with Crippen molar-refractivity contribution in [1.82, 2.24) is 0 Å². The molecule has 0 amide bonds.